The standard InChI is InChI=1S/C21H17ClF3NO3S/c1-12-17(30-18(26-12)14-6-8-16(22)9-7-14)10-5-13-3-2-4-15(11-13)20(29,19(27)28)21(23,24)25/h2-4,6-9,11,29H,5,10H2,1H3,(H,27,28). The molecule has 1 heterocycles. The van der Waals surface area contributed by atoms with Crippen molar-refractivity contribution in [2.75, 3.05) is 0 Å². The number of aromatic nitrogens is 1. The molecule has 0 radical (unpaired) electrons. The predicted octanol–water partition coefficient (Wildman–Crippen LogP) is 5.39. The first-order chi connectivity index (χ1) is 14.0. The van der Waals surface area contributed by atoms with E-state index in [1.54, 1.807) is 18.2 Å². The summed E-state index contributed by atoms with van der Waals surface area (Å²) in [5.41, 5.74) is -2.46. The van der Waals surface area contributed by atoms with Gasteiger partial charge in [0.15, 0.2) is 0 Å². The number of thiazole rings is 1. The van der Waals surface area contributed by atoms with Gasteiger partial charge in [0.25, 0.3) is 5.60 Å². The average Bonchev–Trinajstić information content (AvgIpc) is 3.06. The van der Waals surface area contributed by atoms with E-state index in [1.807, 2.05) is 19.1 Å². The van der Waals surface area contributed by atoms with E-state index in [2.05, 4.69) is 4.98 Å². The topological polar surface area (TPSA) is 70.4 Å². The highest BCUT2D eigenvalue weighted by Crippen LogP contribution is 2.39. The van der Waals surface area contributed by atoms with Crippen molar-refractivity contribution in [2.45, 2.75) is 31.5 Å². The van der Waals surface area contributed by atoms with Crippen LogP contribution < -0.4 is 0 Å². The van der Waals surface area contributed by atoms with Crippen LogP contribution in [0.5, 0.6) is 0 Å². The minimum absolute atomic E-state index is 0.366. The molecule has 1 aromatic heterocycles. The van der Waals surface area contributed by atoms with Gasteiger partial charge in [0, 0.05) is 21.0 Å². The van der Waals surface area contributed by atoms with Crippen molar-refractivity contribution in [1.29, 1.82) is 0 Å². The number of aryl methyl sites for hydroxylation is 3. The molecule has 0 bridgehead atoms. The molecule has 0 aliphatic heterocycles. The summed E-state index contributed by atoms with van der Waals surface area (Å²) < 4.78 is 39.7. The van der Waals surface area contributed by atoms with Crippen LogP contribution in [0, 0.1) is 6.92 Å². The van der Waals surface area contributed by atoms with Gasteiger partial charge in [-0.15, -0.1) is 11.3 Å². The molecule has 0 aliphatic rings. The Hall–Kier alpha value is -2.42. The van der Waals surface area contributed by atoms with E-state index in [0.29, 0.717) is 23.4 Å². The van der Waals surface area contributed by atoms with Crippen LogP contribution in [0.4, 0.5) is 13.2 Å². The molecule has 3 aromatic rings. The van der Waals surface area contributed by atoms with E-state index in [-0.39, 0.29) is 0 Å². The van der Waals surface area contributed by atoms with Gasteiger partial charge in [-0.05, 0) is 37.5 Å². The molecule has 0 spiro atoms. The van der Waals surface area contributed by atoms with E-state index >= 15 is 0 Å². The summed E-state index contributed by atoms with van der Waals surface area (Å²) in [6, 6.07) is 12.2. The van der Waals surface area contributed by atoms with Crippen LogP contribution in [-0.2, 0) is 23.2 Å². The van der Waals surface area contributed by atoms with Gasteiger partial charge in [-0.1, -0.05) is 48.0 Å². The van der Waals surface area contributed by atoms with Crippen molar-refractivity contribution in [3.63, 3.8) is 0 Å². The van der Waals surface area contributed by atoms with E-state index in [4.69, 9.17) is 16.7 Å². The van der Waals surface area contributed by atoms with Gasteiger partial charge in [-0.3, -0.25) is 0 Å². The largest absolute Gasteiger partial charge is 0.479 e. The molecule has 1 unspecified atom stereocenters. The van der Waals surface area contributed by atoms with Gasteiger partial charge in [0.05, 0.1) is 5.69 Å². The van der Waals surface area contributed by atoms with Crippen molar-refractivity contribution >= 4 is 28.9 Å². The first-order valence-electron chi connectivity index (χ1n) is 8.86. The summed E-state index contributed by atoms with van der Waals surface area (Å²) in [6.45, 7) is 1.86. The Kier molecular flexibility index (Phi) is 6.21. The predicted molar refractivity (Wildman–Crippen MR) is 109 cm³/mol. The molecule has 1 atom stereocenters. The molecule has 4 nitrogen and oxygen atoms in total. The molecule has 158 valence electrons. The van der Waals surface area contributed by atoms with Crippen LogP contribution in [0.3, 0.4) is 0 Å². The Labute approximate surface area is 179 Å². The van der Waals surface area contributed by atoms with Crippen LogP contribution in [0.2, 0.25) is 5.02 Å². The Morgan fingerprint density at radius 1 is 1.13 bits per heavy atom. The summed E-state index contributed by atoms with van der Waals surface area (Å²) >= 11 is 7.38. The average molecular weight is 456 g/mol. The van der Waals surface area contributed by atoms with E-state index in [0.717, 1.165) is 33.3 Å². The number of carboxylic acids is 1. The van der Waals surface area contributed by atoms with Crippen LogP contribution in [0.25, 0.3) is 10.6 Å². The van der Waals surface area contributed by atoms with E-state index in [1.165, 1.54) is 17.4 Å². The number of hydrogen-bond donors (Lipinski definition) is 2. The molecular weight excluding hydrogens is 439 g/mol. The normalized spacial score (nSPS) is 13.8. The number of carboxylic acid groups (broad SMARTS) is 1. The fourth-order valence-electron chi connectivity index (χ4n) is 2.99. The van der Waals surface area contributed by atoms with Crippen molar-refractivity contribution in [1.82, 2.24) is 4.98 Å². The zero-order chi connectivity index (χ0) is 22.1. The number of carbonyl (C=O) groups is 1. The first kappa shape index (κ1) is 22.3. The van der Waals surface area contributed by atoms with Crippen LogP contribution >= 0.6 is 22.9 Å². The fraction of sp³-hybridized carbons (Fsp3) is 0.238. The molecule has 30 heavy (non-hydrogen) atoms. The number of aliphatic carboxylic acids is 1. The highest BCUT2D eigenvalue weighted by atomic mass is 35.5. The van der Waals surface area contributed by atoms with Gasteiger partial charge in [-0.2, -0.15) is 13.2 Å². The molecule has 0 aliphatic carbocycles. The maximum Gasteiger partial charge on any atom is 0.432 e. The van der Waals surface area contributed by atoms with E-state index in [9.17, 15) is 23.1 Å². The van der Waals surface area contributed by atoms with Crippen LogP contribution in [-0.4, -0.2) is 27.3 Å². The van der Waals surface area contributed by atoms with Crippen LogP contribution in [0.15, 0.2) is 48.5 Å². The summed E-state index contributed by atoms with van der Waals surface area (Å²) in [7, 11) is 0. The van der Waals surface area contributed by atoms with Crippen molar-refractivity contribution in [3.05, 3.63) is 75.3 Å². The molecule has 0 amide bonds. The lowest BCUT2D eigenvalue weighted by Crippen LogP contribution is -2.49. The maximum atomic E-state index is 13.2. The Morgan fingerprint density at radius 2 is 1.80 bits per heavy atom. The zero-order valence-electron chi connectivity index (χ0n) is 15.7. The fourth-order valence-corrected chi connectivity index (χ4v) is 4.19. The van der Waals surface area contributed by atoms with Crippen molar-refractivity contribution in [2.24, 2.45) is 0 Å². The molecule has 2 aromatic carbocycles. The Morgan fingerprint density at radius 3 is 2.40 bits per heavy atom. The summed E-state index contributed by atoms with van der Waals surface area (Å²) in [6.07, 6.45) is -4.47. The molecular formula is C21H17ClF3NO3S. The maximum absolute atomic E-state index is 13.2. The van der Waals surface area contributed by atoms with E-state index < -0.39 is 23.3 Å². The number of alkyl halides is 3. The summed E-state index contributed by atoms with van der Waals surface area (Å²) in [5.74, 6) is -2.36. The second-order valence-electron chi connectivity index (χ2n) is 6.75. The molecule has 2 N–H and O–H groups in total. The third-order valence-electron chi connectivity index (χ3n) is 4.69. The minimum atomic E-state index is -5.35. The second kappa shape index (κ2) is 8.37. The number of rotatable bonds is 6. The van der Waals surface area contributed by atoms with Gasteiger partial charge in [-0.25, -0.2) is 9.78 Å². The number of nitrogens with zero attached hydrogens (tertiary/aromatic N) is 1. The van der Waals surface area contributed by atoms with Crippen molar-refractivity contribution in [3.8, 4) is 10.6 Å². The molecule has 3 rings (SSSR count). The van der Waals surface area contributed by atoms with Crippen LogP contribution in [0.1, 0.15) is 21.7 Å². The minimum Gasteiger partial charge on any atom is -0.479 e. The van der Waals surface area contributed by atoms with Gasteiger partial charge < -0.3 is 10.2 Å². The SMILES string of the molecule is Cc1nc(-c2ccc(Cl)cc2)sc1CCc1cccc(C(O)(C(=O)O)C(F)(F)F)c1. The summed E-state index contributed by atoms with van der Waals surface area (Å²) in [5, 5.41) is 20.3. The number of hydrogen-bond acceptors (Lipinski definition) is 4. The van der Waals surface area contributed by atoms with Gasteiger partial charge >= 0.3 is 12.1 Å². The van der Waals surface area contributed by atoms with Gasteiger partial charge in [0.1, 0.15) is 5.01 Å². The Bertz CT molecular complexity index is 1070. The number of benzene rings is 2. The third-order valence-corrected chi connectivity index (χ3v) is 6.21. The monoisotopic (exact) mass is 455 g/mol. The lowest BCUT2D eigenvalue weighted by molar-refractivity contribution is -0.265. The van der Waals surface area contributed by atoms with Crippen molar-refractivity contribution < 1.29 is 28.2 Å². The molecule has 0 fully saturated rings. The smallest absolute Gasteiger partial charge is 0.432 e. The lowest BCUT2D eigenvalue weighted by atomic mass is 9.91. The zero-order valence-corrected chi connectivity index (χ0v) is 17.3. The first-order valence-corrected chi connectivity index (χ1v) is 10.1. The second-order valence-corrected chi connectivity index (χ2v) is 8.27. The molecule has 0 saturated carbocycles. The lowest BCUT2D eigenvalue weighted by Gasteiger charge is -2.26. The highest BCUT2D eigenvalue weighted by molar-refractivity contribution is 7.15. The molecule has 9 heteroatoms. The highest BCUT2D eigenvalue weighted by Gasteiger charge is 2.61. The quantitative estimate of drug-likeness (QED) is 0.522. The number of halogens is 4. The van der Waals surface area contributed by atoms with Gasteiger partial charge in [0.2, 0.25) is 0 Å². The Balaban J connectivity index is 1.81. The molecule has 0 saturated heterocycles. The number of aliphatic hydroxyl groups is 1. The summed E-state index contributed by atoms with van der Waals surface area (Å²) in [4.78, 5) is 16.7. The third kappa shape index (κ3) is 4.35.